The molecule has 0 heteroatoms. The molecule has 0 spiro atoms. The van der Waals surface area contributed by atoms with E-state index in [-0.39, 0.29) is 0 Å². The zero-order valence-corrected chi connectivity index (χ0v) is 27.5. The van der Waals surface area contributed by atoms with Gasteiger partial charge in [-0.2, -0.15) is 0 Å². The molecule has 0 N–H and O–H groups in total. The average Bonchev–Trinajstić information content (AvgIpc) is 3.19. The lowest BCUT2D eigenvalue weighted by Gasteiger charge is -2.20. The molecule has 0 unspecified atom stereocenters. The highest BCUT2D eigenvalue weighted by molar-refractivity contribution is 6.26. The van der Waals surface area contributed by atoms with E-state index in [2.05, 4.69) is 194 Å². The van der Waals surface area contributed by atoms with Crippen molar-refractivity contribution in [1.82, 2.24) is 0 Å². The van der Waals surface area contributed by atoms with Gasteiger partial charge in [-0.3, -0.25) is 0 Å². The summed E-state index contributed by atoms with van der Waals surface area (Å²) in [5.74, 6) is 0. The Balaban J connectivity index is 1.31. The predicted molar refractivity (Wildman–Crippen MR) is 216 cm³/mol. The Bertz CT molecular complexity index is 2910. The molecule has 10 aromatic carbocycles. The summed E-state index contributed by atoms with van der Waals surface area (Å²) in [5.41, 5.74) is 9.92. The molecule has 0 bridgehead atoms. The van der Waals surface area contributed by atoms with Gasteiger partial charge >= 0.3 is 0 Å². The lowest BCUT2D eigenvalue weighted by Crippen LogP contribution is -1.93. The van der Waals surface area contributed by atoms with Gasteiger partial charge in [0.25, 0.3) is 0 Å². The topological polar surface area (TPSA) is 0 Å². The van der Waals surface area contributed by atoms with Crippen LogP contribution in [0.2, 0.25) is 0 Å². The van der Waals surface area contributed by atoms with Gasteiger partial charge in [0.1, 0.15) is 0 Å². The molecule has 0 heterocycles. The molecule has 0 fully saturated rings. The van der Waals surface area contributed by atoms with Gasteiger partial charge in [0, 0.05) is 0 Å². The van der Waals surface area contributed by atoms with Crippen LogP contribution in [0.5, 0.6) is 0 Å². The van der Waals surface area contributed by atoms with Crippen molar-refractivity contribution >= 4 is 53.9 Å². The first-order chi connectivity index (χ1) is 24.8. The highest BCUT2D eigenvalue weighted by Crippen LogP contribution is 2.47. The molecule has 232 valence electrons. The van der Waals surface area contributed by atoms with Gasteiger partial charge in [0.05, 0.1) is 0 Å². The summed E-state index contributed by atoms with van der Waals surface area (Å²) >= 11 is 0. The highest BCUT2D eigenvalue weighted by Gasteiger charge is 2.20. The molecule has 10 aromatic rings. The number of benzene rings is 10. The summed E-state index contributed by atoms with van der Waals surface area (Å²) in [6.45, 7) is 0. The highest BCUT2D eigenvalue weighted by atomic mass is 14.2. The zero-order chi connectivity index (χ0) is 33.0. The van der Waals surface area contributed by atoms with E-state index >= 15 is 0 Å². The van der Waals surface area contributed by atoms with Gasteiger partial charge in [0.2, 0.25) is 0 Å². The second-order valence-electron chi connectivity index (χ2n) is 13.3. The molecular formula is C50H32. The van der Waals surface area contributed by atoms with Crippen molar-refractivity contribution in [3.8, 4) is 44.5 Å². The van der Waals surface area contributed by atoms with Crippen molar-refractivity contribution in [2.75, 3.05) is 0 Å². The fourth-order valence-corrected chi connectivity index (χ4v) is 8.07. The van der Waals surface area contributed by atoms with E-state index in [9.17, 15) is 0 Å². The number of rotatable bonds is 4. The molecule has 0 saturated heterocycles. The lowest BCUT2D eigenvalue weighted by atomic mass is 9.82. The van der Waals surface area contributed by atoms with Gasteiger partial charge in [-0.1, -0.05) is 170 Å². The number of fused-ring (bicyclic) bond motifs is 6. The Morgan fingerprint density at radius 3 is 1.56 bits per heavy atom. The van der Waals surface area contributed by atoms with Crippen LogP contribution in [-0.2, 0) is 0 Å². The molecule has 0 nitrogen and oxygen atoms in total. The molecule has 10 rings (SSSR count). The van der Waals surface area contributed by atoms with Crippen LogP contribution in [0, 0.1) is 0 Å². The van der Waals surface area contributed by atoms with E-state index in [1.165, 1.54) is 98.4 Å². The van der Waals surface area contributed by atoms with Gasteiger partial charge in [0.15, 0.2) is 0 Å². The maximum atomic E-state index is 2.42. The minimum absolute atomic E-state index is 1.22. The van der Waals surface area contributed by atoms with E-state index in [4.69, 9.17) is 0 Å². The molecule has 0 aliphatic heterocycles. The van der Waals surface area contributed by atoms with Crippen LogP contribution >= 0.6 is 0 Å². The van der Waals surface area contributed by atoms with Crippen LogP contribution in [0.15, 0.2) is 194 Å². The standard InChI is InChI=1S/C50H32/c1-2-13-33(14-3-1)38-27-28-46-48(31-38)50(47-32-39-17-6-7-20-41(39)42-21-8-9-22-43(42)47)45-24-11-10-23-44(45)49(46)40-19-12-18-36(30-40)37-26-25-34-15-4-5-16-35(34)29-37/h1-32H. The molecule has 50 heavy (non-hydrogen) atoms. The summed E-state index contributed by atoms with van der Waals surface area (Å²) < 4.78 is 0. The maximum Gasteiger partial charge on any atom is -0.00197 e. The zero-order valence-electron chi connectivity index (χ0n) is 27.5. The summed E-state index contributed by atoms with van der Waals surface area (Å²) in [4.78, 5) is 0. The molecule has 0 saturated carbocycles. The first-order valence-corrected chi connectivity index (χ1v) is 17.3. The van der Waals surface area contributed by atoms with Crippen LogP contribution in [-0.4, -0.2) is 0 Å². The van der Waals surface area contributed by atoms with Crippen molar-refractivity contribution in [2.45, 2.75) is 0 Å². The Morgan fingerprint density at radius 2 is 0.740 bits per heavy atom. The third kappa shape index (κ3) is 4.61. The lowest BCUT2D eigenvalue weighted by molar-refractivity contribution is 1.62. The van der Waals surface area contributed by atoms with Crippen molar-refractivity contribution < 1.29 is 0 Å². The molecular weight excluding hydrogens is 601 g/mol. The fraction of sp³-hybridized carbons (Fsp3) is 0. The Morgan fingerprint density at radius 1 is 0.200 bits per heavy atom. The molecule has 0 amide bonds. The smallest absolute Gasteiger partial charge is 0.00197 e. The van der Waals surface area contributed by atoms with E-state index < -0.39 is 0 Å². The summed E-state index contributed by atoms with van der Waals surface area (Å²) in [5, 5.41) is 12.6. The van der Waals surface area contributed by atoms with Crippen molar-refractivity contribution in [3.05, 3.63) is 194 Å². The van der Waals surface area contributed by atoms with E-state index in [1.54, 1.807) is 0 Å². The van der Waals surface area contributed by atoms with Gasteiger partial charge in [-0.25, -0.2) is 0 Å². The molecule has 0 aliphatic carbocycles. The van der Waals surface area contributed by atoms with Gasteiger partial charge < -0.3 is 0 Å². The van der Waals surface area contributed by atoms with Crippen LogP contribution in [0.25, 0.3) is 98.4 Å². The monoisotopic (exact) mass is 632 g/mol. The minimum atomic E-state index is 1.22. The first kappa shape index (κ1) is 28.5. The third-order valence-electron chi connectivity index (χ3n) is 10.4. The van der Waals surface area contributed by atoms with Crippen LogP contribution in [0.1, 0.15) is 0 Å². The van der Waals surface area contributed by atoms with Gasteiger partial charge in [-0.15, -0.1) is 0 Å². The van der Waals surface area contributed by atoms with Crippen molar-refractivity contribution in [2.24, 2.45) is 0 Å². The summed E-state index contributed by atoms with van der Waals surface area (Å²) in [6, 6.07) is 71.4. The van der Waals surface area contributed by atoms with E-state index in [0.29, 0.717) is 0 Å². The third-order valence-corrected chi connectivity index (χ3v) is 10.4. The quantitative estimate of drug-likeness (QED) is 0.134. The first-order valence-electron chi connectivity index (χ1n) is 17.3. The van der Waals surface area contributed by atoms with Crippen LogP contribution in [0.4, 0.5) is 0 Å². The molecule has 0 aromatic heterocycles. The Kier molecular flexibility index (Phi) is 6.60. The SMILES string of the molecule is c1ccc(-c2ccc3c(-c4cccc(-c5ccc6ccccc6c5)c4)c4ccccc4c(-c4cc5ccccc5c5ccccc45)c3c2)cc1. The van der Waals surface area contributed by atoms with Crippen LogP contribution in [0.3, 0.4) is 0 Å². The molecule has 0 atom stereocenters. The predicted octanol–water partition coefficient (Wildman–Crippen LogP) is 14.1. The minimum Gasteiger partial charge on any atom is -0.0622 e. The molecule has 0 radical (unpaired) electrons. The summed E-state index contributed by atoms with van der Waals surface area (Å²) in [6.07, 6.45) is 0. The Hall–Kier alpha value is -6.50. The van der Waals surface area contributed by atoms with E-state index in [0.717, 1.165) is 0 Å². The second-order valence-corrected chi connectivity index (χ2v) is 13.3. The Labute approximate surface area is 291 Å². The van der Waals surface area contributed by atoms with E-state index in [1.807, 2.05) is 0 Å². The molecule has 0 aliphatic rings. The fourth-order valence-electron chi connectivity index (χ4n) is 8.07. The number of hydrogen-bond donors (Lipinski definition) is 0. The maximum absolute atomic E-state index is 2.42. The summed E-state index contributed by atoms with van der Waals surface area (Å²) in [7, 11) is 0. The van der Waals surface area contributed by atoms with Gasteiger partial charge in [-0.05, 0) is 123 Å². The average molecular weight is 633 g/mol. The van der Waals surface area contributed by atoms with Crippen LogP contribution < -0.4 is 0 Å². The second kappa shape index (κ2) is 11.6. The normalized spacial score (nSPS) is 11.6. The number of hydrogen-bond acceptors (Lipinski definition) is 0. The van der Waals surface area contributed by atoms with Crippen molar-refractivity contribution in [3.63, 3.8) is 0 Å². The largest absolute Gasteiger partial charge is 0.0622 e. The van der Waals surface area contributed by atoms with Crippen molar-refractivity contribution in [1.29, 1.82) is 0 Å².